The van der Waals surface area contributed by atoms with Crippen LogP contribution >= 0.6 is 0 Å². The Morgan fingerprint density at radius 2 is 2.00 bits per heavy atom. The summed E-state index contributed by atoms with van der Waals surface area (Å²) in [5.41, 5.74) is 2.17. The van der Waals surface area contributed by atoms with Crippen LogP contribution in [-0.4, -0.2) is 39.8 Å². The molecule has 0 spiro atoms. The number of likely N-dealkylation sites (tertiary alicyclic amines) is 1. The van der Waals surface area contributed by atoms with Gasteiger partial charge in [0.2, 0.25) is 11.7 Å². The van der Waals surface area contributed by atoms with Crippen LogP contribution in [0.3, 0.4) is 0 Å². The SMILES string of the molecule is COc1ccc(-c2noc(CN3C[C@@H]4C[C@H](C3)c3cccc(=O)n3C4)n2)cc1. The van der Waals surface area contributed by atoms with E-state index < -0.39 is 0 Å². The normalized spacial score (nSPS) is 21.3. The summed E-state index contributed by atoms with van der Waals surface area (Å²) in [5, 5.41) is 4.13. The molecule has 2 aromatic heterocycles. The molecule has 144 valence electrons. The van der Waals surface area contributed by atoms with Gasteiger partial charge in [0.25, 0.3) is 5.56 Å². The largest absolute Gasteiger partial charge is 0.497 e. The molecular formula is C21H22N4O3. The monoisotopic (exact) mass is 378 g/mol. The molecule has 0 aliphatic carbocycles. The molecule has 7 nitrogen and oxygen atoms in total. The van der Waals surface area contributed by atoms with Gasteiger partial charge in [-0.15, -0.1) is 0 Å². The zero-order chi connectivity index (χ0) is 19.1. The van der Waals surface area contributed by atoms with Crippen molar-refractivity contribution in [3.63, 3.8) is 0 Å². The van der Waals surface area contributed by atoms with E-state index in [0.717, 1.165) is 43.1 Å². The lowest BCUT2D eigenvalue weighted by Gasteiger charge is -2.42. The van der Waals surface area contributed by atoms with E-state index >= 15 is 0 Å². The average Bonchev–Trinajstić information content (AvgIpc) is 3.17. The third-order valence-electron chi connectivity index (χ3n) is 5.73. The van der Waals surface area contributed by atoms with E-state index in [1.807, 2.05) is 34.9 Å². The Labute approximate surface area is 162 Å². The lowest BCUT2D eigenvalue weighted by Crippen LogP contribution is -2.46. The zero-order valence-electron chi connectivity index (χ0n) is 15.7. The van der Waals surface area contributed by atoms with Crippen LogP contribution < -0.4 is 10.3 Å². The van der Waals surface area contributed by atoms with Crippen LogP contribution in [0.15, 0.2) is 51.8 Å². The summed E-state index contributed by atoms with van der Waals surface area (Å²) in [6.07, 6.45) is 1.14. The first-order chi connectivity index (χ1) is 13.7. The van der Waals surface area contributed by atoms with Gasteiger partial charge in [-0.1, -0.05) is 11.2 Å². The predicted molar refractivity (Wildman–Crippen MR) is 103 cm³/mol. The van der Waals surface area contributed by atoms with Gasteiger partial charge in [-0.2, -0.15) is 4.98 Å². The van der Waals surface area contributed by atoms with Crippen LogP contribution in [0.2, 0.25) is 0 Å². The standard InChI is InChI=1S/C21H22N4O3/c1-27-17-7-5-15(6-8-17)21-22-19(28-23-21)13-24-10-14-9-16(12-24)18-3-2-4-20(26)25(18)11-14/h2-8,14,16H,9-13H2,1H3/t14-,16+/m0/s1. The van der Waals surface area contributed by atoms with E-state index in [1.54, 1.807) is 13.2 Å². The molecule has 7 heteroatoms. The Hall–Kier alpha value is -2.93. The van der Waals surface area contributed by atoms with Crippen molar-refractivity contribution in [1.82, 2.24) is 19.6 Å². The van der Waals surface area contributed by atoms with Gasteiger partial charge in [0.05, 0.1) is 13.7 Å². The van der Waals surface area contributed by atoms with E-state index in [9.17, 15) is 4.79 Å². The minimum absolute atomic E-state index is 0.113. The van der Waals surface area contributed by atoms with Crippen LogP contribution in [0.25, 0.3) is 11.4 Å². The molecule has 0 saturated carbocycles. The number of methoxy groups -OCH3 is 1. The third-order valence-corrected chi connectivity index (χ3v) is 5.73. The molecule has 1 saturated heterocycles. The predicted octanol–water partition coefficient (Wildman–Crippen LogP) is 2.53. The number of pyridine rings is 1. The number of piperidine rings is 1. The second-order valence-corrected chi connectivity index (χ2v) is 7.63. The first kappa shape index (κ1) is 17.2. The van der Waals surface area contributed by atoms with Crippen molar-refractivity contribution >= 4 is 0 Å². The molecular weight excluding hydrogens is 356 g/mol. The number of aromatic nitrogens is 3. The fourth-order valence-electron chi connectivity index (χ4n) is 4.49. The van der Waals surface area contributed by atoms with E-state index in [0.29, 0.717) is 30.1 Å². The number of rotatable bonds is 4. The third kappa shape index (κ3) is 3.11. The lowest BCUT2D eigenvalue weighted by molar-refractivity contribution is 0.104. The smallest absolute Gasteiger partial charge is 0.250 e. The van der Waals surface area contributed by atoms with Crippen molar-refractivity contribution in [2.75, 3.05) is 20.2 Å². The summed E-state index contributed by atoms with van der Waals surface area (Å²) in [5.74, 6) is 2.87. The first-order valence-electron chi connectivity index (χ1n) is 9.58. The van der Waals surface area contributed by atoms with E-state index in [-0.39, 0.29) is 5.56 Å². The summed E-state index contributed by atoms with van der Waals surface area (Å²) < 4.78 is 12.6. The Kier molecular flexibility index (Phi) is 4.24. The minimum Gasteiger partial charge on any atom is -0.497 e. The topological polar surface area (TPSA) is 73.4 Å². The summed E-state index contributed by atoms with van der Waals surface area (Å²) >= 11 is 0. The fourth-order valence-corrected chi connectivity index (χ4v) is 4.49. The van der Waals surface area contributed by atoms with Crippen LogP contribution in [0.1, 0.15) is 23.9 Å². The molecule has 1 fully saturated rings. The molecule has 3 aromatic rings. The number of fused-ring (bicyclic) bond motifs is 4. The van der Waals surface area contributed by atoms with Gasteiger partial charge in [0.1, 0.15) is 5.75 Å². The van der Waals surface area contributed by atoms with Crippen LogP contribution in [0.4, 0.5) is 0 Å². The molecule has 2 bridgehead atoms. The molecule has 2 atom stereocenters. The Morgan fingerprint density at radius 1 is 1.14 bits per heavy atom. The van der Waals surface area contributed by atoms with Crippen molar-refractivity contribution in [3.8, 4) is 17.1 Å². The second-order valence-electron chi connectivity index (χ2n) is 7.63. The van der Waals surface area contributed by atoms with E-state index in [2.05, 4.69) is 21.1 Å². The highest BCUT2D eigenvalue weighted by Crippen LogP contribution is 2.35. The van der Waals surface area contributed by atoms with Crippen molar-refractivity contribution in [2.24, 2.45) is 5.92 Å². The van der Waals surface area contributed by atoms with Gasteiger partial charge in [-0.3, -0.25) is 9.69 Å². The van der Waals surface area contributed by atoms with Crippen molar-refractivity contribution in [2.45, 2.75) is 25.4 Å². The summed E-state index contributed by atoms with van der Waals surface area (Å²) in [6, 6.07) is 13.2. The Balaban J connectivity index is 1.31. The zero-order valence-corrected chi connectivity index (χ0v) is 15.7. The molecule has 5 rings (SSSR count). The molecule has 2 aliphatic rings. The molecule has 0 unspecified atom stereocenters. The van der Waals surface area contributed by atoms with E-state index in [4.69, 9.17) is 9.26 Å². The molecule has 1 aromatic carbocycles. The van der Waals surface area contributed by atoms with Gasteiger partial charge >= 0.3 is 0 Å². The van der Waals surface area contributed by atoms with Crippen LogP contribution in [-0.2, 0) is 13.1 Å². The van der Waals surface area contributed by atoms with Gasteiger partial charge in [-0.05, 0) is 42.7 Å². The molecule has 4 heterocycles. The van der Waals surface area contributed by atoms with Gasteiger partial charge in [0.15, 0.2) is 0 Å². The molecule has 28 heavy (non-hydrogen) atoms. The highest BCUT2D eigenvalue weighted by molar-refractivity contribution is 5.55. The Morgan fingerprint density at radius 3 is 2.82 bits per heavy atom. The highest BCUT2D eigenvalue weighted by atomic mass is 16.5. The van der Waals surface area contributed by atoms with Gasteiger partial charge < -0.3 is 13.8 Å². The molecule has 2 aliphatic heterocycles. The van der Waals surface area contributed by atoms with Crippen molar-refractivity contribution < 1.29 is 9.26 Å². The van der Waals surface area contributed by atoms with Crippen LogP contribution in [0.5, 0.6) is 5.75 Å². The summed E-state index contributed by atoms with van der Waals surface area (Å²) in [4.78, 5) is 19.1. The number of ether oxygens (including phenoxy) is 1. The molecule has 0 N–H and O–H groups in total. The maximum Gasteiger partial charge on any atom is 0.250 e. The van der Waals surface area contributed by atoms with Gasteiger partial charge in [-0.25, -0.2) is 0 Å². The number of hydrogen-bond acceptors (Lipinski definition) is 6. The molecule has 0 amide bonds. The van der Waals surface area contributed by atoms with E-state index in [1.165, 1.54) is 0 Å². The van der Waals surface area contributed by atoms with Gasteiger partial charge in [0, 0.05) is 42.9 Å². The highest BCUT2D eigenvalue weighted by Gasteiger charge is 2.34. The average molecular weight is 378 g/mol. The molecule has 0 radical (unpaired) electrons. The van der Waals surface area contributed by atoms with Crippen molar-refractivity contribution in [3.05, 3.63) is 64.4 Å². The number of hydrogen-bond donors (Lipinski definition) is 0. The maximum atomic E-state index is 12.2. The second kappa shape index (κ2) is 6.91. The first-order valence-corrected chi connectivity index (χ1v) is 9.58. The lowest BCUT2D eigenvalue weighted by atomic mass is 9.83. The quantitative estimate of drug-likeness (QED) is 0.695. The van der Waals surface area contributed by atoms with Crippen molar-refractivity contribution in [1.29, 1.82) is 0 Å². The number of nitrogens with zero attached hydrogens (tertiary/aromatic N) is 4. The Bertz CT molecular complexity index is 1040. The fraction of sp³-hybridized carbons (Fsp3) is 0.381. The summed E-state index contributed by atoms with van der Waals surface area (Å²) in [6.45, 7) is 3.27. The maximum absolute atomic E-state index is 12.2. The minimum atomic E-state index is 0.113. The van der Waals surface area contributed by atoms with Crippen LogP contribution in [0, 0.1) is 5.92 Å². The number of benzene rings is 1. The summed E-state index contributed by atoms with van der Waals surface area (Å²) in [7, 11) is 1.64.